The molecular weight excluding hydrogens is 416 g/mol. The number of carboxylic acid groups (broad SMARTS) is 1. The topological polar surface area (TPSA) is 70.4 Å². The van der Waals surface area contributed by atoms with Crippen LogP contribution in [0.4, 0.5) is 17.6 Å². The first-order chi connectivity index (χ1) is 14.7. The number of carboxylic acids is 1. The number of hydrogen-bond donors (Lipinski definition) is 2. The molecule has 2 aliphatic rings. The third kappa shape index (κ3) is 6.51. The average molecular weight is 442 g/mol. The van der Waals surface area contributed by atoms with Crippen LogP contribution >= 0.6 is 0 Å². The molecule has 1 aromatic heterocycles. The van der Waals surface area contributed by atoms with Gasteiger partial charge in [0.1, 0.15) is 5.82 Å². The van der Waals surface area contributed by atoms with Gasteiger partial charge in [-0.15, -0.1) is 0 Å². The van der Waals surface area contributed by atoms with Gasteiger partial charge >= 0.3 is 12.1 Å². The van der Waals surface area contributed by atoms with Crippen LogP contribution in [0, 0.1) is 11.2 Å². The minimum atomic E-state index is -5.08. The van der Waals surface area contributed by atoms with Crippen LogP contribution in [0.15, 0.2) is 36.5 Å². The van der Waals surface area contributed by atoms with Crippen LogP contribution < -0.4 is 5.32 Å². The van der Waals surface area contributed by atoms with E-state index in [1.54, 1.807) is 12.1 Å². The number of nitrogens with one attached hydrogen (secondary N) is 1. The molecule has 2 aliphatic heterocycles. The summed E-state index contributed by atoms with van der Waals surface area (Å²) >= 11 is 0. The fourth-order valence-electron chi connectivity index (χ4n) is 4.16. The quantitative estimate of drug-likeness (QED) is 0.711. The van der Waals surface area contributed by atoms with Gasteiger partial charge in [0.15, 0.2) is 0 Å². The fraction of sp³-hybridized carbons (Fsp3) is 0.524. The molecule has 1 atom stereocenters. The van der Waals surface area contributed by atoms with E-state index >= 15 is 0 Å². The van der Waals surface area contributed by atoms with Gasteiger partial charge in [-0.1, -0.05) is 6.42 Å². The zero-order valence-electron chi connectivity index (χ0n) is 17.0. The third-order valence-electron chi connectivity index (χ3n) is 5.69. The molecule has 2 N–H and O–H groups in total. The molecule has 2 fully saturated rings. The number of aliphatic carboxylic acids is 1. The Morgan fingerprint density at radius 1 is 1.16 bits per heavy atom. The van der Waals surface area contributed by atoms with Gasteiger partial charge < -0.3 is 10.4 Å². The lowest BCUT2D eigenvalue weighted by atomic mass is 9.82. The number of benzene rings is 1. The van der Waals surface area contributed by atoms with Gasteiger partial charge in [-0.2, -0.15) is 18.3 Å². The summed E-state index contributed by atoms with van der Waals surface area (Å²) in [6, 6.07) is 8.55. The zero-order chi connectivity index (χ0) is 22.5. The van der Waals surface area contributed by atoms with Crippen molar-refractivity contribution in [2.45, 2.75) is 38.4 Å². The summed E-state index contributed by atoms with van der Waals surface area (Å²) in [7, 11) is 0. The van der Waals surface area contributed by atoms with Crippen molar-refractivity contribution < 1.29 is 27.5 Å². The minimum Gasteiger partial charge on any atom is -0.475 e. The second-order valence-electron chi connectivity index (χ2n) is 8.13. The summed E-state index contributed by atoms with van der Waals surface area (Å²) in [5, 5.41) is 15.4. The van der Waals surface area contributed by atoms with Gasteiger partial charge in [0, 0.05) is 25.8 Å². The number of halogens is 4. The summed E-state index contributed by atoms with van der Waals surface area (Å²) in [6.45, 7) is 5.55. The Morgan fingerprint density at radius 2 is 1.87 bits per heavy atom. The monoisotopic (exact) mass is 442 g/mol. The van der Waals surface area contributed by atoms with Crippen molar-refractivity contribution in [3.05, 3.63) is 48.0 Å². The van der Waals surface area contributed by atoms with Crippen molar-refractivity contribution in [2.24, 2.45) is 5.41 Å². The van der Waals surface area contributed by atoms with Crippen LogP contribution in [0.3, 0.4) is 0 Å². The molecule has 0 saturated carbocycles. The Labute approximate surface area is 177 Å². The molecule has 1 spiro atoms. The van der Waals surface area contributed by atoms with Crippen molar-refractivity contribution in [3.63, 3.8) is 0 Å². The zero-order valence-corrected chi connectivity index (χ0v) is 17.0. The van der Waals surface area contributed by atoms with E-state index in [9.17, 15) is 17.6 Å². The summed E-state index contributed by atoms with van der Waals surface area (Å²) in [5.41, 5.74) is 2.45. The lowest BCUT2D eigenvalue weighted by Gasteiger charge is -2.31. The van der Waals surface area contributed by atoms with E-state index in [-0.39, 0.29) is 5.82 Å². The molecule has 2 saturated heterocycles. The molecule has 0 aliphatic carbocycles. The van der Waals surface area contributed by atoms with Gasteiger partial charge in [-0.05, 0) is 68.1 Å². The lowest BCUT2D eigenvalue weighted by Crippen LogP contribution is -2.37. The SMILES string of the molecule is Fc1ccc(-n2ccc(CN3CCCCC4(CCNC4)C3)n2)cc1.O=C(O)C(F)(F)F. The lowest BCUT2D eigenvalue weighted by molar-refractivity contribution is -0.192. The molecule has 1 unspecified atom stereocenters. The highest BCUT2D eigenvalue weighted by Gasteiger charge is 2.38. The maximum atomic E-state index is 13.1. The summed E-state index contributed by atoms with van der Waals surface area (Å²) < 4.78 is 46.6. The van der Waals surface area contributed by atoms with Gasteiger partial charge in [-0.3, -0.25) is 4.90 Å². The number of hydrogen-bond acceptors (Lipinski definition) is 4. The highest BCUT2D eigenvalue weighted by Crippen LogP contribution is 2.35. The van der Waals surface area contributed by atoms with E-state index in [0.29, 0.717) is 5.41 Å². The molecule has 0 bridgehead atoms. The van der Waals surface area contributed by atoms with Crippen molar-refractivity contribution in [1.29, 1.82) is 0 Å². The molecule has 4 rings (SSSR count). The number of carbonyl (C=O) groups is 1. The number of nitrogens with zero attached hydrogens (tertiary/aromatic N) is 3. The van der Waals surface area contributed by atoms with Gasteiger partial charge in [0.25, 0.3) is 0 Å². The summed E-state index contributed by atoms with van der Waals surface area (Å²) in [5.74, 6) is -2.97. The van der Waals surface area contributed by atoms with Crippen LogP contribution in [-0.4, -0.2) is 58.1 Å². The smallest absolute Gasteiger partial charge is 0.475 e. The largest absolute Gasteiger partial charge is 0.490 e. The van der Waals surface area contributed by atoms with Crippen LogP contribution in [0.25, 0.3) is 5.69 Å². The normalized spacial score (nSPS) is 22.1. The standard InChI is InChI=1S/C19H25FN4.C2HF3O2/c20-16-3-5-18(6-4-16)24-12-7-17(22-24)13-23-11-2-1-8-19(15-23)9-10-21-14-19;3-2(4,5)1(6)7/h3-7,12,21H,1-2,8-11,13-15H2;(H,6,7). The molecule has 2 aromatic rings. The molecule has 3 heterocycles. The molecule has 0 amide bonds. The van der Waals surface area contributed by atoms with E-state index in [2.05, 4.69) is 21.4 Å². The number of alkyl halides is 3. The Hall–Kier alpha value is -2.46. The van der Waals surface area contributed by atoms with E-state index < -0.39 is 12.1 Å². The van der Waals surface area contributed by atoms with Crippen molar-refractivity contribution >= 4 is 5.97 Å². The van der Waals surface area contributed by atoms with Crippen LogP contribution in [-0.2, 0) is 11.3 Å². The Bertz CT molecular complexity index is 861. The number of aromatic nitrogens is 2. The average Bonchev–Trinajstić information content (AvgIpc) is 3.30. The predicted molar refractivity (Wildman–Crippen MR) is 106 cm³/mol. The third-order valence-corrected chi connectivity index (χ3v) is 5.69. The van der Waals surface area contributed by atoms with Gasteiger partial charge in [-0.25, -0.2) is 13.9 Å². The van der Waals surface area contributed by atoms with Crippen LogP contribution in [0.1, 0.15) is 31.4 Å². The van der Waals surface area contributed by atoms with Crippen LogP contribution in [0.5, 0.6) is 0 Å². The van der Waals surface area contributed by atoms with Crippen molar-refractivity contribution in [2.75, 3.05) is 26.2 Å². The molecule has 6 nitrogen and oxygen atoms in total. The van der Waals surface area contributed by atoms with Crippen molar-refractivity contribution in [1.82, 2.24) is 20.0 Å². The molecule has 31 heavy (non-hydrogen) atoms. The van der Waals surface area contributed by atoms with Gasteiger partial charge in [0.2, 0.25) is 0 Å². The van der Waals surface area contributed by atoms with Gasteiger partial charge in [0.05, 0.1) is 11.4 Å². The molecule has 0 radical (unpaired) electrons. The first-order valence-corrected chi connectivity index (χ1v) is 10.2. The first-order valence-electron chi connectivity index (χ1n) is 10.2. The second-order valence-corrected chi connectivity index (χ2v) is 8.13. The van der Waals surface area contributed by atoms with E-state index in [0.717, 1.165) is 37.6 Å². The summed E-state index contributed by atoms with van der Waals surface area (Å²) in [6.07, 6.45) is 2.14. The van der Waals surface area contributed by atoms with Crippen molar-refractivity contribution in [3.8, 4) is 5.69 Å². The highest BCUT2D eigenvalue weighted by molar-refractivity contribution is 5.73. The maximum absolute atomic E-state index is 13.1. The first kappa shape index (κ1) is 23.2. The van der Waals surface area contributed by atoms with E-state index in [1.807, 2.05) is 10.9 Å². The maximum Gasteiger partial charge on any atom is 0.490 e. The highest BCUT2D eigenvalue weighted by atomic mass is 19.4. The summed E-state index contributed by atoms with van der Waals surface area (Å²) in [4.78, 5) is 11.5. The fourth-order valence-corrected chi connectivity index (χ4v) is 4.16. The number of likely N-dealkylation sites (tertiary alicyclic amines) is 1. The molecule has 170 valence electrons. The molecule has 10 heteroatoms. The Morgan fingerprint density at radius 3 is 2.48 bits per heavy atom. The van der Waals surface area contributed by atoms with E-state index in [4.69, 9.17) is 9.90 Å². The van der Waals surface area contributed by atoms with Crippen LogP contribution in [0.2, 0.25) is 0 Å². The Balaban J connectivity index is 0.000000339. The minimum absolute atomic E-state index is 0.217. The Kier molecular flexibility index (Phi) is 7.32. The molecular formula is C21H26F4N4O2. The number of rotatable bonds is 3. The van der Waals surface area contributed by atoms with E-state index in [1.165, 1.54) is 44.4 Å². The predicted octanol–water partition coefficient (Wildman–Crippen LogP) is 3.61. The molecule has 1 aromatic carbocycles. The second kappa shape index (κ2) is 9.78.